The van der Waals surface area contributed by atoms with E-state index in [2.05, 4.69) is 38.2 Å². The van der Waals surface area contributed by atoms with E-state index in [0.717, 1.165) is 11.8 Å². The van der Waals surface area contributed by atoms with Crippen LogP contribution < -0.4 is 0 Å². The molecule has 1 saturated carbocycles. The highest BCUT2D eigenvalue weighted by Gasteiger charge is 2.44. The van der Waals surface area contributed by atoms with E-state index in [-0.39, 0.29) is 0 Å². The van der Waals surface area contributed by atoms with Crippen LogP contribution in [-0.2, 0) is 0 Å². The normalized spacial score (nSPS) is 34.6. The van der Waals surface area contributed by atoms with Crippen molar-refractivity contribution >= 4 is 0 Å². The van der Waals surface area contributed by atoms with Gasteiger partial charge in [-0.2, -0.15) is 0 Å². The summed E-state index contributed by atoms with van der Waals surface area (Å²) < 4.78 is 0. The third-order valence-corrected chi connectivity index (χ3v) is 3.54. The lowest BCUT2D eigenvalue weighted by molar-refractivity contribution is 0.224. The van der Waals surface area contributed by atoms with E-state index in [4.69, 9.17) is 0 Å². The number of rotatable bonds is 2. The Hall–Kier alpha value is -0.520. The molecule has 0 saturated heterocycles. The molecular weight excluding hydrogens is 144 g/mol. The second-order valence-corrected chi connectivity index (χ2v) is 4.53. The quantitative estimate of drug-likeness (QED) is 0.582. The van der Waals surface area contributed by atoms with Crippen LogP contribution in [0.3, 0.4) is 0 Å². The van der Waals surface area contributed by atoms with Gasteiger partial charge in [0.2, 0.25) is 0 Å². The van der Waals surface area contributed by atoms with E-state index < -0.39 is 0 Å². The highest BCUT2D eigenvalue weighted by atomic mass is 14.5. The Balaban J connectivity index is 2.22. The van der Waals surface area contributed by atoms with Crippen molar-refractivity contribution < 1.29 is 0 Å². The molecule has 0 aliphatic heterocycles. The maximum Gasteiger partial charge on any atom is -0.00294 e. The molecule has 0 heteroatoms. The second kappa shape index (κ2) is 2.76. The van der Waals surface area contributed by atoms with Gasteiger partial charge in [0.15, 0.2) is 0 Å². The van der Waals surface area contributed by atoms with Gasteiger partial charge in [0.25, 0.3) is 0 Å². The minimum absolute atomic E-state index is 0.523. The van der Waals surface area contributed by atoms with Gasteiger partial charge < -0.3 is 0 Å². The van der Waals surface area contributed by atoms with Crippen LogP contribution in [0.1, 0.15) is 33.1 Å². The zero-order valence-corrected chi connectivity index (χ0v) is 8.09. The predicted molar refractivity (Wildman–Crippen MR) is 52.9 cm³/mol. The fourth-order valence-corrected chi connectivity index (χ4v) is 2.48. The summed E-state index contributed by atoms with van der Waals surface area (Å²) in [6.07, 6.45) is 13.4. The molecule has 1 fully saturated rings. The van der Waals surface area contributed by atoms with Crippen molar-refractivity contribution in [2.75, 3.05) is 0 Å². The second-order valence-electron chi connectivity index (χ2n) is 4.53. The molecule has 0 aromatic carbocycles. The first-order valence-corrected chi connectivity index (χ1v) is 5.10. The molecule has 0 bridgehead atoms. The van der Waals surface area contributed by atoms with E-state index in [1.165, 1.54) is 19.3 Å². The summed E-state index contributed by atoms with van der Waals surface area (Å²) in [7, 11) is 0. The van der Waals surface area contributed by atoms with E-state index >= 15 is 0 Å². The Morgan fingerprint density at radius 1 is 1.25 bits per heavy atom. The van der Waals surface area contributed by atoms with Crippen molar-refractivity contribution in [1.29, 1.82) is 0 Å². The number of hydrogen-bond acceptors (Lipinski definition) is 0. The fraction of sp³-hybridized carbons (Fsp3) is 0.667. The van der Waals surface area contributed by atoms with Crippen LogP contribution in [0.5, 0.6) is 0 Å². The van der Waals surface area contributed by atoms with Crippen LogP contribution in [0, 0.1) is 17.3 Å². The monoisotopic (exact) mass is 162 g/mol. The third-order valence-electron chi connectivity index (χ3n) is 3.54. The molecule has 2 aliphatic carbocycles. The van der Waals surface area contributed by atoms with Crippen molar-refractivity contribution in [3.8, 4) is 0 Å². The first-order valence-electron chi connectivity index (χ1n) is 5.10. The molecule has 12 heavy (non-hydrogen) atoms. The summed E-state index contributed by atoms with van der Waals surface area (Å²) in [5.41, 5.74) is 0.523. The van der Waals surface area contributed by atoms with Crippen LogP contribution >= 0.6 is 0 Å². The fourth-order valence-electron chi connectivity index (χ4n) is 2.48. The zero-order chi connectivity index (χ0) is 8.60. The minimum Gasteiger partial charge on any atom is -0.0837 e. The van der Waals surface area contributed by atoms with Gasteiger partial charge in [-0.1, -0.05) is 38.2 Å². The lowest BCUT2D eigenvalue weighted by Gasteiger charge is -2.35. The molecule has 0 aromatic rings. The van der Waals surface area contributed by atoms with Gasteiger partial charge in [-0.25, -0.2) is 0 Å². The highest BCUT2D eigenvalue weighted by molar-refractivity contribution is 5.20. The van der Waals surface area contributed by atoms with Crippen molar-refractivity contribution in [2.24, 2.45) is 17.3 Å². The minimum atomic E-state index is 0.523. The van der Waals surface area contributed by atoms with Gasteiger partial charge in [0.1, 0.15) is 0 Å². The Bertz CT molecular complexity index is 214. The molecule has 0 nitrogen and oxygen atoms in total. The molecule has 2 rings (SSSR count). The summed E-state index contributed by atoms with van der Waals surface area (Å²) in [5.74, 6) is 1.78. The van der Waals surface area contributed by atoms with Crippen LogP contribution in [0.25, 0.3) is 0 Å². The summed E-state index contributed by atoms with van der Waals surface area (Å²) in [6, 6.07) is 0. The van der Waals surface area contributed by atoms with Crippen molar-refractivity contribution in [3.63, 3.8) is 0 Å². The highest BCUT2D eigenvalue weighted by Crippen LogP contribution is 2.54. The lowest BCUT2D eigenvalue weighted by Crippen LogP contribution is -2.27. The van der Waals surface area contributed by atoms with Gasteiger partial charge in [-0.3, -0.25) is 0 Å². The lowest BCUT2D eigenvalue weighted by atomic mass is 9.69. The van der Waals surface area contributed by atoms with Gasteiger partial charge in [0.05, 0.1) is 0 Å². The molecule has 0 radical (unpaired) electrons. The molecule has 0 heterocycles. The molecule has 0 N–H and O–H groups in total. The summed E-state index contributed by atoms with van der Waals surface area (Å²) >= 11 is 0. The van der Waals surface area contributed by atoms with Crippen LogP contribution in [0.15, 0.2) is 24.3 Å². The average Bonchev–Trinajstić information content (AvgIpc) is 2.88. The van der Waals surface area contributed by atoms with E-state index in [1.54, 1.807) is 0 Å². The van der Waals surface area contributed by atoms with Gasteiger partial charge in [-0.15, -0.1) is 0 Å². The Kier molecular flexibility index (Phi) is 1.86. The van der Waals surface area contributed by atoms with Crippen LogP contribution in [0.4, 0.5) is 0 Å². The molecular formula is C12H18. The topological polar surface area (TPSA) is 0 Å². The smallest absolute Gasteiger partial charge is 0.00294 e. The van der Waals surface area contributed by atoms with E-state index in [0.29, 0.717) is 5.41 Å². The Labute approximate surface area is 75.4 Å². The largest absolute Gasteiger partial charge is 0.0837 e. The van der Waals surface area contributed by atoms with Crippen LogP contribution in [-0.4, -0.2) is 0 Å². The standard InChI is InChI=1S/C12H18/c1-10(2)12(11-6-7-11)8-4-3-5-9-12/h3-5,8,10-11H,6-7,9H2,1-2H3. The van der Waals surface area contributed by atoms with Gasteiger partial charge in [0, 0.05) is 0 Å². The van der Waals surface area contributed by atoms with Crippen molar-refractivity contribution in [2.45, 2.75) is 33.1 Å². The summed E-state index contributed by atoms with van der Waals surface area (Å²) in [6.45, 7) is 4.73. The predicted octanol–water partition coefficient (Wildman–Crippen LogP) is 3.55. The number of hydrogen-bond donors (Lipinski definition) is 0. The van der Waals surface area contributed by atoms with Crippen molar-refractivity contribution in [1.82, 2.24) is 0 Å². The molecule has 1 atom stereocenters. The van der Waals surface area contributed by atoms with E-state index in [1.807, 2.05) is 0 Å². The summed E-state index contributed by atoms with van der Waals surface area (Å²) in [5, 5.41) is 0. The summed E-state index contributed by atoms with van der Waals surface area (Å²) in [4.78, 5) is 0. The maximum absolute atomic E-state index is 2.45. The molecule has 0 spiro atoms. The maximum atomic E-state index is 2.45. The molecule has 1 unspecified atom stereocenters. The Morgan fingerprint density at radius 3 is 2.42 bits per heavy atom. The van der Waals surface area contributed by atoms with Crippen molar-refractivity contribution in [3.05, 3.63) is 24.3 Å². The third kappa shape index (κ3) is 1.14. The molecule has 66 valence electrons. The number of allylic oxidation sites excluding steroid dienone is 4. The Morgan fingerprint density at radius 2 is 2.00 bits per heavy atom. The SMILES string of the molecule is CC(C)C1(C2CC2)C=CC=CC1. The zero-order valence-electron chi connectivity index (χ0n) is 8.09. The molecule has 0 aromatic heterocycles. The average molecular weight is 162 g/mol. The first-order chi connectivity index (χ1) is 5.76. The molecule has 0 amide bonds. The molecule has 2 aliphatic rings. The van der Waals surface area contributed by atoms with E-state index in [9.17, 15) is 0 Å². The first kappa shape index (κ1) is 8.10. The van der Waals surface area contributed by atoms with Gasteiger partial charge in [-0.05, 0) is 36.5 Å². The van der Waals surface area contributed by atoms with Gasteiger partial charge >= 0.3 is 0 Å². The van der Waals surface area contributed by atoms with Crippen LogP contribution in [0.2, 0.25) is 0 Å².